The molecule has 0 bridgehead atoms. The maximum absolute atomic E-state index is 13.7. The van der Waals surface area contributed by atoms with E-state index in [1.807, 2.05) is 64.1 Å². The zero-order valence-electron chi connectivity index (χ0n) is 20.6. The van der Waals surface area contributed by atoms with E-state index in [4.69, 9.17) is 4.98 Å². The predicted molar refractivity (Wildman–Crippen MR) is 140 cm³/mol. The third-order valence-corrected chi connectivity index (χ3v) is 7.31. The van der Waals surface area contributed by atoms with Gasteiger partial charge >= 0.3 is 0 Å². The number of carbonyl (C=O) groups is 1. The van der Waals surface area contributed by atoms with Crippen molar-refractivity contribution in [2.75, 3.05) is 50.7 Å². The van der Waals surface area contributed by atoms with Crippen LogP contribution >= 0.6 is 0 Å². The van der Waals surface area contributed by atoms with E-state index in [2.05, 4.69) is 16.7 Å². The largest absolute Gasteiger partial charge is 0.351 e. The number of nitrogens with zero attached hydrogens (tertiary/aromatic N) is 5. The fourth-order valence-electron chi connectivity index (χ4n) is 5.45. The molecule has 2 aromatic carbocycles. The Kier molecular flexibility index (Phi) is 7.13. The van der Waals surface area contributed by atoms with Gasteiger partial charge in [0.15, 0.2) is 5.82 Å². The van der Waals surface area contributed by atoms with Crippen LogP contribution in [0.2, 0.25) is 0 Å². The molecule has 7 nitrogen and oxygen atoms in total. The molecule has 1 atom stereocenters. The molecule has 0 saturated carbocycles. The molecular formula is C28H35N5O2. The van der Waals surface area contributed by atoms with Crippen LogP contribution in [-0.4, -0.2) is 71.1 Å². The van der Waals surface area contributed by atoms with E-state index < -0.39 is 0 Å². The summed E-state index contributed by atoms with van der Waals surface area (Å²) in [5, 5.41) is 0. The Bertz CT molecular complexity index is 1220. The highest BCUT2D eigenvalue weighted by Crippen LogP contribution is 2.24. The van der Waals surface area contributed by atoms with E-state index in [1.54, 1.807) is 0 Å². The van der Waals surface area contributed by atoms with Crippen molar-refractivity contribution in [3.8, 4) is 0 Å². The zero-order chi connectivity index (χ0) is 24.2. The summed E-state index contributed by atoms with van der Waals surface area (Å²) < 4.78 is 1.82. The first-order valence-electron chi connectivity index (χ1n) is 12.9. The molecule has 2 aliphatic rings. The molecule has 7 heteroatoms. The second-order valence-corrected chi connectivity index (χ2v) is 9.75. The minimum absolute atomic E-state index is 0.0864. The van der Waals surface area contributed by atoms with Gasteiger partial charge in [-0.05, 0) is 43.5 Å². The van der Waals surface area contributed by atoms with Gasteiger partial charge in [0.1, 0.15) is 0 Å². The number of piperidine rings is 1. The van der Waals surface area contributed by atoms with E-state index >= 15 is 0 Å². The van der Waals surface area contributed by atoms with Crippen molar-refractivity contribution in [2.45, 2.75) is 32.7 Å². The molecule has 1 aromatic heterocycles. The van der Waals surface area contributed by atoms with Crippen molar-refractivity contribution >= 4 is 22.8 Å². The van der Waals surface area contributed by atoms with Crippen LogP contribution in [0.25, 0.3) is 11.0 Å². The Labute approximate surface area is 207 Å². The van der Waals surface area contributed by atoms with Gasteiger partial charge in [-0.15, -0.1) is 0 Å². The molecule has 184 valence electrons. The average Bonchev–Trinajstić information content (AvgIpc) is 2.91. The van der Waals surface area contributed by atoms with Crippen LogP contribution < -0.4 is 10.5 Å². The summed E-state index contributed by atoms with van der Waals surface area (Å²) in [6.45, 7) is 8.60. The molecule has 2 aliphatic heterocycles. The normalized spacial score (nSPS) is 19.3. The van der Waals surface area contributed by atoms with Crippen LogP contribution in [-0.2, 0) is 11.3 Å². The lowest BCUT2D eigenvalue weighted by Crippen LogP contribution is -2.53. The summed E-state index contributed by atoms with van der Waals surface area (Å²) in [5.74, 6) is 0.609. The molecule has 0 aliphatic carbocycles. The van der Waals surface area contributed by atoms with Crippen molar-refractivity contribution in [3.05, 3.63) is 70.5 Å². The number of anilines is 1. The molecule has 35 heavy (non-hydrogen) atoms. The highest BCUT2D eigenvalue weighted by Gasteiger charge is 2.32. The first-order valence-corrected chi connectivity index (χ1v) is 12.9. The molecule has 0 spiro atoms. The smallest absolute Gasteiger partial charge is 0.294 e. The topological polar surface area (TPSA) is 61.7 Å². The summed E-state index contributed by atoms with van der Waals surface area (Å²) in [6.07, 6.45) is 2.90. The van der Waals surface area contributed by atoms with Gasteiger partial charge in [-0.3, -0.25) is 19.1 Å². The summed E-state index contributed by atoms with van der Waals surface area (Å²) in [4.78, 5) is 38.4. The number of para-hydroxylation sites is 2. The lowest BCUT2D eigenvalue weighted by atomic mass is 9.96. The number of aromatic nitrogens is 2. The van der Waals surface area contributed by atoms with Crippen LogP contribution in [0.15, 0.2) is 59.4 Å². The maximum atomic E-state index is 13.7. The summed E-state index contributed by atoms with van der Waals surface area (Å²) >= 11 is 0. The standard InChI is InChI=1S/C28H35N5O2/c1-2-14-30-16-18-31(19-17-30)27(34)23-11-8-15-32(21-23)26-28(35)33(20-22-9-4-3-5-10-22)25-13-7-6-12-24(25)29-26/h3-7,9-10,12-13,23H,2,8,11,14-21H2,1H3/t23-/m0/s1. The van der Waals surface area contributed by atoms with Gasteiger partial charge in [0.05, 0.1) is 23.5 Å². The van der Waals surface area contributed by atoms with Crippen LogP contribution in [0.1, 0.15) is 31.7 Å². The van der Waals surface area contributed by atoms with Crippen LogP contribution in [0.5, 0.6) is 0 Å². The highest BCUT2D eigenvalue weighted by molar-refractivity contribution is 5.80. The van der Waals surface area contributed by atoms with Crippen molar-refractivity contribution < 1.29 is 4.79 Å². The number of hydrogen-bond donors (Lipinski definition) is 0. The maximum Gasteiger partial charge on any atom is 0.294 e. The Morgan fingerprint density at radius 2 is 1.71 bits per heavy atom. The Hall–Kier alpha value is -3.19. The zero-order valence-corrected chi connectivity index (χ0v) is 20.6. The number of piperazine rings is 1. The van der Waals surface area contributed by atoms with Gasteiger partial charge < -0.3 is 9.80 Å². The van der Waals surface area contributed by atoms with E-state index in [0.29, 0.717) is 18.9 Å². The van der Waals surface area contributed by atoms with E-state index in [-0.39, 0.29) is 17.4 Å². The Morgan fingerprint density at radius 3 is 2.49 bits per heavy atom. The molecule has 1 amide bonds. The van der Waals surface area contributed by atoms with Crippen molar-refractivity contribution in [1.82, 2.24) is 19.4 Å². The van der Waals surface area contributed by atoms with Crippen molar-refractivity contribution in [3.63, 3.8) is 0 Å². The quantitative estimate of drug-likeness (QED) is 0.550. The first-order chi connectivity index (χ1) is 17.1. The number of fused-ring (bicyclic) bond motifs is 1. The lowest BCUT2D eigenvalue weighted by Gasteiger charge is -2.39. The molecule has 0 radical (unpaired) electrons. The Balaban J connectivity index is 1.38. The van der Waals surface area contributed by atoms with Crippen molar-refractivity contribution in [1.29, 1.82) is 0 Å². The summed E-state index contributed by atoms with van der Waals surface area (Å²) in [7, 11) is 0. The first kappa shape index (κ1) is 23.5. The van der Waals surface area contributed by atoms with Crippen LogP contribution in [0.4, 0.5) is 5.82 Å². The minimum atomic E-state index is -0.0890. The molecule has 2 fully saturated rings. The number of benzene rings is 2. The average molecular weight is 474 g/mol. The Morgan fingerprint density at radius 1 is 0.971 bits per heavy atom. The number of hydrogen-bond acceptors (Lipinski definition) is 5. The number of carbonyl (C=O) groups excluding carboxylic acids is 1. The summed E-state index contributed by atoms with van der Waals surface area (Å²) in [5.41, 5.74) is 2.62. The SMILES string of the molecule is CCCN1CCN(C(=O)[C@H]2CCCN(c3nc4ccccc4n(Cc4ccccc4)c3=O)C2)CC1. The van der Waals surface area contributed by atoms with E-state index in [9.17, 15) is 9.59 Å². The highest BCUT2D eigenvalue weighted by atomic mass is 16.2. The molecule has 3 heterocycles. The molecule has 2 saturated heterocycles. The lowest BCUT2D eigenvalue weighted by molar-refractivity contribution is -0.137. The van der Waals surface area contributed by atoms with E-state index in [1.165, 1.54) is 0 Å². The van der Waals surface area contributed by atoms with Crippen LogP contribution in [0.3, 0.4) is 0 Å². The van der Waals surface area contributed by atoms with Gasteiger partial charge in [0, 0.05) is 39.3 Å². The molecular weight excluding hydrogens is 438 g/mol. The minimum Gasteiger partial charge on any atom is -0.351 e. The van der Waals surface area contributed by atoms with E-state index in [0.717, 1.165) is 75.1 Å². The fraction of sp³-hybridized carbons (Fsp3) is 0.464. The molecule has 0 unspecified atom stereocenters. The summed E-state index contributed by atoms with van der Waals surface area (Å²) in [6, 6.07) is 17.9. The number of amides is 1. The third-order valence-electron chi connectivity index (χ3n) is 7.31. The van der Waals surface area contributed by atoms with Gasteiger partial charge in [-0.2, -0.15) is 0 Å². The van der Waals surface area contributed by atoms with Gasteiger partial charge in [0.25, 0.3) is 5.56 Å². The third kappa shape index (κ3) is 5.10. The van der Waals surface area contributed by atoms with Crippen LogP contribution in [0, 0.1) is 5.92 Å². The fourth-order valence-corrected chi connectivity index (χ4v) is 5.45. The second-order valence-electron chi connectivity index (χ2n) is 9.75. The molecule has 5 rings (SSSR count). The monoisotopic (exact) mass is 473 g/mol. The van der Waals surface area contributed by atoms with Crippen molar-refractivity contribution in [2.24, 2.45) is 5.92 Å². The van der Waals surface area contributed by atoms with Gasteiger partial charge in [-0.1, -0.05) is 49.4 Å². The molecule has 3 aromatic rings. The second kappa shape index (κ2) is 10.6. The number of rotatable bonds is 6. The molecule has 0 N–H and O–H groups in total. The predicted octanol–water partition coefficient (Wildman–Crippen LogP) is 3.22. The van der Waals surface area contributed by atoms with Gasteiger partial charge in [0.2, 0.25) is 5.91 Å². The van der Waals surface area contributed by atoms with Gasteiger partial charge in [-0.25, -0.2) is 4.98 Å².